The molecule has 0 aromatic heterocycles. The Kier molecular flexibility index (Phi) is 2.73. The van der Waals surface area contributed by atoms with Crippen LogP contribution in [-0.2, 0) is 9.53 Å². The summed E-state index contributed by atoms with van der Waals surface area (Å²) < 4.78 is 5.42. The van der Waals surface area contributed by atoms with Gasteiger partial charge in [0, 0.05) is 25.2 Å². The van der Waals surface area contributed by atoms with Crippen LogP contribution in [0.1, 0.15) is 27.2 Å². The Morgan fingerprint density at radius 2 is 2.07 bits per heavy atom. The molecule has 15 heavy (non-hydrogen) atoms. The van der Waals surface area contributed by atoms with Gasteiger partial charge < -0.3 is 15.4 Å². The molecule has 0 saturated carbocycles. The van der Waals surface area contributed by atoms with Crippen molar-refractivity contribution in [2.45, 2.75) is 44.9 Å². The van der Waals surface area contributed by atoms with E-state index in [0.717, 1.165) is 19.5 Å². The second-order valence-corrected chi connectivity index (χ2v) is 5.50. The molecule has 3 atom stereocenters. The highest BCUT2D eigenvalue weighted by Gasteiger charge is 2.42. The van der Waals surface area contributed by atoms with E-state index < -0.39 is 0 Å². The monoisotopic (exact) mass is 212 g/mol. The molecule has 2 bridgehead atoms. The molecule has 3 unspecified atom stereocenters. The first-order chi connectivity index (χ1) is 6.96. The van der Waals surface area contributed by atoms with Gasteiger partial charge >= 0.3 is 5.97 Å². The van der Waals surface area contributed by atoms with Crippen LogP contribution in [0, 0.1) is 5.92 Å². The van der Waals surface area contributed by atoms with Gasteiger partial charge in [0.05, 0.1) is 5.92 Å². The van der Waals surface area contributed by atoms with Crippen LogP contribution in [0.3, 0.4) is 0 Å². The first kappa shape index (κ1) is 10.9. The van der Waals surface area contributed by atoms with Crippen LogP contribution in [0.2, 0.25) is 0 Å². The highest BCUT2D eigenvalue weighted by molar-refractivity contribution is 5.74. The minimum atomic E-state index is -0.374. The number of carbonyl (C=O) groups excluding carboxylic acids is 1. The van der Waals surface area contributed by atoms with Gasteiger partial charge in [0.15, 0.2) is 0 Å². The van der Waals surface area contributed by atoms with Gasteiger partial charge in [-0.3, -0.25) is 4.79 Å². The van der Waals surface area contributed by atoms with Gasteiger partial charge in [0.25, 0.3) is 0 Å². The average molecular weight is 212 g/mol. The number of hydrogen-bond acceptors (Lipinski definition) is 4. The Labute approximate surface area is 90.8 Å². The lowest BCUT2D eigenvalue weighted by Gasteiger charge is -2.25. The zero-order valence-corrected chi connectivity index (χ0v) is 9.67. The van der Waals surface area contributed by atoms with Crippen molar-refractivity contribution in [2.24, 2.45) is 5.92 Å². The second kappa shape index (κ2) is 3.76. The third-order valence-corrected chi connectivity index (χ3v) is 2.94. The fraction of sp³-hybridized carbons (Fsp3) is 0.909. The molecule has 4 heteroatoms. The number of hydrogen-bond donors (Lipinski definition) is 2. The van der Waals surface area contributed by atoms with E-state index in [0.29, 0.717) is 6.04 Å². The molecule has 2 fully saturated rings. The predicted octanol–water partition coefficient (Wildman–Crippen LogP) is 0.278. The van der Waals surface area contributed by atoms with Crippen LogP contribution in [0.15, 0.2) is 0 Å². The summed E-state index contributed by atoms with van der Waals surface area (Å²) in [5, 5.41) is 6.77. The molecule has 0 aliphatic carbocycles. The highest BCUT2D eigenvalue weighted by atomic mass is 16.6. The molecule has 0 aromatic rings. The molecule has 0 amide bonds. The summed E-state index contributed by atoms with van der Waals surface area (Å²) in [5.74, 6) is -0.0181. The first-order valence-corrected chi connectivity index (χ1v) is 5.65. The Balaban J connectivity index is 1.96. The summed E-state index contributed by atoms with van der Waals surface area (Å²) in [4.78, 5) is 11.9. The van der Waals surface area contributed by atoms with Crippen LogP contribution in [0.5, 0.6) is 0 Å². The topological polar surface area (TPSA) is 50.4 Å². The lowest BCUT2D eigenvalue weighted by atomic mass is 10.00. The Morgan fingerprint density at radius 1 is 1.33 bits per heavy atom. The number of esters is 1. The number of ether oxygens (including phenoxy) is 1. The van der Waals surface area contributed by atoms with E-state index in [4.69, 9.17) is 4.74 Å². The average Bonchev–Trinajstić information content (AvgIpc) is 2.38. The molecule has 2 N–H and O–H groups in total. The van der Waals surface area contributed by atoms with Crippen LogP contribution in [0.25, 0.3) is 0 Å². The summed E-state index contributed by atoms with van der Waals surface area (Å²) in [7, 11) is 0. The summed E-state index contributed by atoms with van der Waals surface area (Å²) >= 11 is 0. The van der Waals surface area contributed by atoms with E-state index in [1.54, 1.807) is 0 Å². The maximum absolute atomic E-state index is 11.9. The Bertz CT molecular complexity index is 260. The maximum atomic E-state index is 11.9. The van der Waals surface area contributed by atoms with Gasteiger partial charge in [0.2, 0.25) is 0 Å². The van der Waals surface area contributed by atoms with Crippen molar-refractivity contribution in [3.8, 4) is 0 Å². The summed E-state index contributed by atoms with van der Waals surface area (Å²) in [5.41, 5.74) is -0.374. The van der Waals surface area contributed by atoms with E-state index in [2.05, 4.69) is 10.6 Å². The van der Waals surface area contributed by atoms with Crippen LogP contribution in [0.4, 0.5) is 0 Å². The van der Waals surface area contributed by atoms with Crippen molar-refractivity contribution < 1.29 is 9.53 Å². The number of fused-ring (bicyclic) bond motifs is 2. The summed E-state index contributed by atoms with van der Waals surface area (Å²) in [6.45, 7) is 7.59. The molecule has 2 aliphatic heterocycles. The van der Waals surface area contributed by atoms with Gasteiger partial charge in [-0.2, -0.15) is 0 Å². The number of piperazine rings is 1. The van der Waals surface area contributed by atoms with Crippen molar-refractivity contribution in [1.29, 1.82) is 0 Å². The predicted molar refractivity (Wildman–Crippen MR) is 57.5 cm³/mol. The van der Waals surface area contributed by atoms with Crippen LogP contribution >= 0.6 is 0 Å². The summed E-state index contributed by atoms with van der Waals surface area (Å²) in [6, 6.07) is 0.708. The van der Waals surface area contributed by atoms with Gasteiger partial charge in [-0.15, -0.1) is 0 Å². The van der Waals surface area contributed by atoms with Gasteiger partial charge in [0.1, 0.15) is 5.60 Å². The lowest BCUT2D eigenvalue weighted by molar-refractivity contribution is -0.160. The fourth-order valence-corrected chi connectivity index (χ4v) is 2.35. The van der Waals surface area contributed by atoms with E-state index in [1.807, 2.05) is 20.8 Å². The van der Waals surface area contributed by atoms with Gasteiger partial charge in [-0.25, -0.2) is 0 Å². The number of nitrogens with one attached hydrogen (secondary N) is 2. The molecule has 2 saturated heterocycles. The fourth-order valence-electron chi connectivity index (χ4n) is 2.35. The Hall–Kier alpha value is -0.610. The number of rotatable bonds is 1. The molecule has 2 aliphatic rings. The van der Waals surface area contributed by atoms with E-state index >= 15 is 0 Å². The molecule has 2 rings (SSSR count). The SMILES string of the molecule is CC(C)(C)OC(=O)C1CC2CNCC1N2. The van der Waals surface area contributed by atoms with Gasteiger partial charge in [-0.1, -0.05) is 0 Å². The molecular weight excluding hydrogens is 192 g/mol. The van der Waals surface area contributed by atoms with E-state index in [9.17, 15) is 4.79 Å². The summed E-state index contributed by atoms with van der Waals surface area (Å²) in [6.07, 6.45) is 0.909. The maximum Gasteiger partial charge on any atom is 0.311 e. The molecule has 2 heterocycles. The molecular formula is C11H20N2O2. The first-order valence-electron chi connectivity index (χ1n) is 5.65. The molecule has 4 nitrogen and oxygen atoms in total. The zero-order chi connectivity index (χ0) is 11.1. The van der Waals surface area contributed by atoms with E-state index in [1.165, 1.54) is 0 Å². The van der Waals surface area contributed by atoms with E-state index in [-0.39, 0.29) is 23.5 Å². The minimum Gasteiger partial charge on any atom is -0.460 e. The molecule has 86 valence electrons. The third kappa shape index (κ3) is 2.49. The third-order valence-electron chi connectivity index (χ3n) is 2.94. The molecule has 0 spiro atoms. The van der Waals surface area contributed by atoms with Gasteiger partial charge in [-0.05, 0) is 27.2 Å². The van der Waals surface area contributed by atoms with Crippen LogP contribution < -0.4 is 10.6 Å². The standard InChI is InChI=1S/C11H20N2O2/c1-11(2,3)15-10(14)8-4-7-5-12-6-9(8)13-7/h7-9,12-13H,4-6H2,1-3H3. The van der Waals surface area contributed by atoms with Crippen molar-refractivity contribution >= 4 is 5.97 Å². The van der Waals surface area contributed by atoms with Crippen molar-refractivity contribution in [1.82, 2.24) is 10.6 Å². The zero-order valence-electron chi connectivity index (χ0n) is 9.67. The van der Waals surface area contributed by atoms with Crippen molar-refractivity contribution in [2.75, 3.05) is 13.1 Å². The number of carbonyl (C=O) groups is 1. The Morgan fingerprint density at radius 3 is 2.67 bits per heavy atom. The normalized spacial score (nSPS) is 35.3. The van der Waals surface area contributed by atoms with Crippen molar-refractivity contribution in [3.05, 3.63) is 0 Å². The quantitative estimate of drug-likeness (QED) is 0.613. The smallest absolute Gasteiger partial charge is 0.311 e. The second-order valence-electron chi connectivity index (χ2n) is 5.50. The van der Waals surface area contributed by atoms with Crippen LogP contribution in [-0.4, -0.2) is 36.7 Å². The highest BCUT2D eigenvalue weighted by Crippen LogP contribution is 2.25. The molecule has 0 aromatic carbocycles. The minimum absolute atomic E-state index is 0.0317. The lowest BCUT2D eigenvalue weighted by Crippen LogP contribution is -2.50. The largest absolute Gasteiger partial charge is 0.460 e. The molecule has 0 radical (unpaired) electrons. The van der Waals surface area contributed by atoms with Crippen molar-refractivity contribution in [3.63, 3.8) is 0 Å².